The molecule has 0 aliphatic carbocycles. The van der Waals surface area contributed by atoms with Crippen LogP contribution in [-0.4, -0.2) is 21.2 Å². The molecule has 0 radical (unpaired) electrons. The minimum absolute atomic E-state index is 0.0231. The Morgan fingerprint density at radius 3 is 2.57 bits per heavy atom. The number of hydrogen-bond donors (Lipinski definition) is 1. The number of ether oxygens (including phenoxy) is 2. The van der Waals surface area contributed by atoms with Crippen LogP contribution < -0.4 is 10.5 Å². The van der Waals surface area contributed by atoms with Gasteiger partial charge in [-0.25, -0.2) is 9.78 Å². The number of rotatable bonds is 3. The van der Waals surface area contributed by atoms with Gasteiger partial charge < -0.3 is 15.2 Å². The van der Waals surface area contributed by atoms with E-state index in [2.05, 4.69) is 4.98 Å². The quantitative estimate of drug-likeness (QED) is 0.469. The molecule has 154 valence electrons. The Balaban J connectivity index is 1.58. The Morgan fingerprint density at radius 2 is 1.83 bits per heavy atom. The van der Waals surface area contributed by atoms with Gasteiger partial charge in [-0.05, 0) is 75.7 Å². The van der Waals surface area contributed by atoms with E-state index in [0.717, 1.165) is 27.4 Å². The van der Waals surface area contributed by atoms with Crippen molar-refractivity contribution in [2.45, 2.75) is 39.3 Å². The fraction of sp³-hybridized carbons (Fsp3) is 0.250. The van der Waals surface area contributed by atoms with Crippen LogP contribution in [0.15, 0.2) is 60.8 Å². The van der Waals surface area contributed by atoms with E-state index in [1.807, 2.05) is 82.3 Å². The van der Waals surface area contributed by atoms with Gasteiger partial charge in [0.25, 0.3) is 0 Å². The summed E-state index contributed by atoms with van der Waals surface area (Å²) in [6, 6.07) is 17.1. The summed E-state index contributed by atoms with van der Waals surface area (Å²) in [5, 5.41) is 1.89. The lowest BCUT2D eigenvalue weighted by Crippen LogP contribution is -2.26. The molecule has 4 rings (SSSR count). The summed E-state index contributed by atoms with van der Waals surface area (Å²) in [7, 11) is 0. The highest BCUT2D eigenvalue weighted by Crippen LogP contribution is 2.28. The highest BCUT2D eigenvalue weighted by Gasteiger charge is 2.19. The average Bonchev–Trinajstić information content (AvgIpc) is 3.09. The van der Waals surface area contributed by atoms with Crippen molar-refractivity contribution < 1.29 is 14.3 Å². The van der Waals surface area contributed by atoms with E-state index < -0.39 is 11.7 Å². The molecule has 6 nitrogen and oxygen atoms in total. The zero-order valence-electron chi connectivity index (χ0n) is 17.5. The largest absolute Gasteiger partial charge is 0.443 e. The molecule has 2 aromatic carbocycles. The molecule has 30 heavy (non-hydrogen) atoms. The van der Waals surface area contributed by atoms with Crippen LogP contribution in [0.3, 0.4) is 0 Å². The summed E-state index contributed by atoms with van der Waals surface area (Å²) < 4.78 is 12.9. The highest BCUT2D eigenvalue weighted by atomic mass is 16.6. The van der Waals surface area contributed by atoms with Gasteiger partial charge in [-0.1, -0.05) is 6.07 Å². The van der Waals surface area contributed by atoms with Crippen molar-refractivity contribution in [3.8, 4) is 11.6 Å². The Bertz CT molecular complexity index is 1240. The second-order valence-electron chi connectivity index (χ2n) is 8.38. The molecule has 4 aromatic rings. The van der Waals surface area contributed by atoms with E-state index in [1.54, 1.807) is 6.20 Å². The van der Waals surface area contributed by atoms with Crippen molar-refractivity contribution in [2.24, 2.45) is 5.73 Å². The van der Waals surface area contributed by atoms with Gasteiger partial charge in [0.1, 0.15) is 11.4 Å². The maximum Gasteiger partial charge on any atom is 0.418 e. The standard InChI is InChI=1S/C24H25N3O3/c1-15(25)16-5-8-20-17(13-16)6-10-22(26-20)29-19-7-9-21-18(14-19)11-12-27(21)23(28)30-24(2,3)4/h5-15H,25H2,1-4H3. The monoisotopic (exact) mass is 403 g/mol. The number of benzene rings is 2. The molecule has 0 saturated carbocycles. The van der Waals surface area contributed by atoms with Gasteiger partial charge in [-0.3, -0.25) is 4.57 Å². The van der Waals surface area contributed by atoms with Crippen LogP contribution in [0.25, 0.3) is 21.8 Å². The van der Waals surface area contributed by atoms with Gasteiger partial charge in [0.2, 0.25) is 5.88 Å². The SMILES string of the molecule is CC(N)c1ccc2nc(Oc3ccc4c(ccn4C(=O)OC(C)(C)C)c3)ccc2c1. The van der Waals surface area contributed by atoms with Crippen LogP contribution in [0.1, 0.15) is 39.3 Å². The summed E-state index contributed by atoms with van der Waals surface area (Å²) in [6.45, 7) is 7.49. The molecule has 0 aliphatic rings. The van der Waals surface area contributed by atoms with Crippen LogP contribution in [-0.2, 0) is 4.74 Å². The van der Waals surface area contributed by atoms with Crippen molar-refractivity contribution >= 4 is 27.9 Å². The predicted octanol–water partition coefficient (Wildman–Crippen LogP) is 5.78. The van der Waals surface area contributed by atoms with Crippen LogP contribution in [0.2, 0.25) is 0 Å². The maximum absolute atomic E-state index is 12.4. The summed E-state index contributed by atoms with van der Waals surface area (Å²) in [4.78, 5) is 17.0. The van der Waals surface area contributed by atoms with Crippen LogP contribution in [0.5, 0.6) is 11.6 Å². The topological polar surface area (TPSA) is 79.4 Å². The summed E-state index contributed by atoms with van der Waals surface area (Å²) >= 11 is 0. The van der Waals surface area contributed by atoms with E-state index >= 15 is 0 Å². The number of nitrogens with two attached hydrogens (primary N) is 1. The number of fused-ring (bicyclic) bond motifs is 2. The lowest BCUT2D eigenvalue weighted by Gasteiger charge is -2.19. The Labute approximate surface area is 175 Å². The highest BCUT2D eigenvalue weighted by molar-refractivity contribution is 5.90. The Hall–Kier alpha value is -3.38. The fourth-order valence-electron chi connectivity index (χ4n) is 3.24. The van der Waals surface area contributed by atoms with Crippen LogP contribution >= 0.6 is 0 Å². The van der Waals surface area contributed by atoms with Crippen molar-refractivity contribution in [2.75, 3.05) is 0 Å². The number of carbonyl (C=O) groups excluding carboxylic acids is 1. The number of aromatic nitrogens is 2. The van der Waals surface area contributed by atoms with E-state index in [-0.39, 0.29) is 6.04 Å². The predicted molar refractivity (Wildman–Crippen MR) is 118 cm³/mol. The second-order valence-corrected chi connectivity index (χ2v) is 8.38. The Morgan fingerprint density at radius 1 is 1.03 bits per heavy atom. The molecular weight excluding hydrogens is 378 g/mol. The van der Waals surface area contributed by atoms with E-state index in [1.165, 1.54) is 4.57 Å². The molecule has 1 atom stereocenters. The van der Waals surface area contributed by atoms with E-state index in [0.29, 0.717) is 11.6 Å². The van der Waals surface area contributed by atoms with Gasteiger partial charge in [-0.15, -0.1) is 0 Å². The molecule has 0 spiro atoms. The third kappa shape index (κ3) is 4.14. The van der Waals surface area contributed by atoms with Crippen molar-refractivity contribution in [1.29, 1.82) is 0 Å². The molecule has 2 N–H and O–H groups in total. The van der Waals surface area contributed by atoms with Gasteiger partial charge in [0.15, 0.2) is 0 Å². The van der Waals surface area contributed by atoms with Crippen LogP contribution in [0.4, 0.5) is 4.79 Å². The smallest absolute Gasteiger partial charge is 0.418 e. The fourth-order valence-corrected chi connectivity index (χ4v) is 3.24. The van der Waals surface area contributed by atoms with Crippen molar-refractivity contribution in [3.05, 3.63) is 66.4 Å². The number of hydrogen-bond acceptors (Lipinski definition) is 5. The third-order valence-corrected chi connectivity index (χ3v) is 4.69. The maximum atomic E-state index is 12.4. The number of pyridine rings is 1. The normalized spacial score (nSPS) is 12.8. The molecule has 0 bridgehead atoms. The second kappa shape index (κ2) is 7.46. The van der Waals surface area contributed by atoms with E-state index in [4.69, 9.17) is 15.2 Å². The first kappa shape index (κ1) is 19.9. The number of nitrogens with zero attached hydrogens (tertiary/aromatic N) is 2. The molecule has 0 fully saturated rings. The molecule has 2 heterocycles. The van der Waals surface area contributed by atoms with Gasteiger partial charge in [-0.2, -0.15) is 0 Å². The molecule has 1 unspecified atom stereocenters. The van der Waals surface area contributed by atoms with Gasteiger partial charge in [0, 0.05) is 29.1 Å². The first-order chi connectivity index (χ1) is 14.2. The van der Waals surface area contributed by atoms with Gasteiger partial charge >= 0.3 is 6.09 Å². The zero-order valence-corrected chi connectivity index (χ0v) is 17.5. The van der Waals surface area contributed by atoms with Crippen molar-refractivity contribution in [3.63, 3.8) is 0 Å². The average molecular weight is 403 g/mol. The molecule has 2 aromatic heterocycles. The summed E-state index contributed by atoms with van der Waals surface area (Å²) in [6.07, 6.45) is 1.29. The molecular formula is C24H25N3O3. The first-order valence-corrected chi connectivity index (χ1v) is 9.88. The number of carbonyl (C=O) groups is 1. The first-order valence-electron chi connectivity index (χ1n) is 9.88. The molecule has 6 heteroatoms. The molecule has 0 amide bonds. The molecule has 0 aliphatic heterocycles. The summed E-state index contributed by atoms with van der Waals surface area (Å²) in [5.41, 5.74) is 8.07. The minimum atomic E-state index is -0.554. The van der Waals surface area contributed by atoms with Crippen molar-refractivity contribution in [1.82, 2.24) is 9.55 Å². The zero-order chi connectivity index (χ0) is 21.5. The third-order valence-electron chi connectivity index (χ3n) is 4.69. The lowest BCUT2D eigenvalue weighted by atomic mass is 10.1. The van der Waals surface area contributed by atoms with Gasteiger partial charge in [0.05, 0.1) is 11.0 Å². The minimum Gasteiger partial charge on any atom is -0.443 e. The summed E-state index contributed by atoms with van der Waals surface area (Å²) in [5.74, 6) is 1.14. The Kier molecular flexibility index (Phi) is 4.95. The lowest BCUT2D eigenvalue weighted by molar-refractivity contribution is 0.0544. The van der Waals surface area contributed by atoms with Crippen LogP contribution in [0, 0.1) is 0 Å². The van der Waals surface area contributed by atoms with E-state index in [9.17, 15) is 4.79 Å². The molecule has 0 saturated heterocycles.